The van der Waals surface area contributed by atoms with Crippen LogP contribution in [0.5, 0.6) is 5.75 Å². The second kappa shape index (κ2) is 9.43. The number of para-hydroxylation sites is 1. The first-order valence-electron chi connectivity index (χ1n) is 10.4. The van der Waals surface area contributed by atoms with Gasteiger partial charge in [0, 0.05) is 35.8 Å². The molecule has 4 rings (SSSR count). The predicted molar refractivity (Wildman–Crippen MR) is 119 cm³/mol. The highest BCUT2D eigenvalue weighted by molar-refractivity contribution is 5.93. The third kappa shape index (κ3) is 5.09. The number of hydrogen-bond acceptors (Lipinski definition) is 4. The molecule has 0 saturated carbocycles. The summed E-state index contributed by atoms with van der Waals surface area (Å²) < 4.78 is 5.63. The molecule has 2 aromatic carbocycles. The van der Waals surface area contributed by atoms with Crippen molar-refractivity contribution in [1.82, 2.24) is 9.88 Å². The highest BCUT2D eigenvalue weighted by Crippen LogP contribution is 2.28. The van der Waals surface area contributed by atoms with Crippen LogP contribution in [0.2, 0.25) is 0 Å². The minimum atomic E-state index is -0.448. The van der Waals surface area contributed by atoms with Gasteiger partial charge in [-0.2, -0.15) is 0 Å². The fourth-order valence-corrected chi connectivity index (χ4v) is 3.84. The summed E-state index contributed by atoms with van der Waals surface area (Å²) in [5.41, 5.74) is 8.52. The number of aromatic nitrogens is 1. The third-order valence-corrected chi connectivity index (χ3v) is 5.53. The van der Waals surface area contributed by atoms with Crippen LogP contribution >= 0.6 is 0 Å². The Morgan fingerprint density at radius 2 is 1.77 bits per heavy atom. The number of carbonyl (C=O) groups is 2. The van der Waals surface area contributed by atoms with Gasteiger partial charge < -0.3 is 15.4 Å². The largest absolute Gasteiger partial charge is 0.484 e. The van der Waals surface area contributed by atoms with E-state index in [0.717, 1.165) is 36.3 Å². The summed E-state index contributed by atoms with van der Waals surface area (Å²) in [5, 5.41) is 0. The first-order chi connectivity index (χ1) is 15.1. The van der Waals surface area contributed by atoms with E-state index < -0.39 is 5.91 Å². The Kier molecular flexibility index (Phi) is 6.26. The van der Waals surface area contributed by atoms with E-state index in [1.165, 1.54) is 0 Å². The van der Waals surface area contributed by atoms with Crippen LogP contribution in [0.3, 0.4) is 0 Å². The van der Waals surface area contributed by atoms with Crippen molar-refractivity contribution in [3.05, 3.63) is 84.1 Å². The zero-order valence-corrected chi connectivity index (χ0v) is 17.2. The van der Waals surface area contributed by atoms with Crippen molar-refractivity contribution in [2.24, 2.45) is 5.73 Å². The molecular formula is C25H25N3O3. The normalized spacial score (nSPS) is 16.0. The van der Waals surface area contributed by atoms with Crippen LogP contribution < -0.4 is 10.5 Å². The first-order valence-corrected chi connectivity index (χ1v) is 10.4. The van der Waals surface area contributed by atoms with Gasteiger partial charge in [-0.1, -0.05) is 36.4 Å². The Morgan fingerprint density at radius 3 is 2.52 bits per heavy atom. The Hall–Kier alpha value is -3.67. The van der Waals surface area contributed by atoms with Crippen molar-refractivity contribution in [3.8, 4) is 17.0 Å². The summed E-state index contributed by atoms with van der Waals surface area (Å²) in [6.45, 7) is 1.41. The molecule has 1 atom stereocenters. The summed E-state index contributed by atoms with van der Waals surface area (Å²) >= 11 is 0. The van der Waals surface area contributed by atoms with Crippen molar-refractivity contribution >= 4 is 11.8 Å². The highest BCUT2D eigenvalue weighted by Gasteiger charge is 2.26. The standard InChI is InChI=1S/C25H25N3O3/c26-25(30)19-13-11-18(12-14-19)22-9-4-10-23(27-22)20-6-5-15-28(16-20)24(29)17-31-21-7-2-1-3-8-21/h1-4,7-14,20H,5-6,15-17H2,(H2,26,30). The number of primary amides is 1. The SMILES string of the molecule is NC(=O)c1ccc(-c2cccc(C3CCCN(C(=O)COc4ccccc4)C3)n2)cc1. The van der Waals surface area contributed by atoms with Gasteiger partial charge in [-0.05, 0) is 49.2 Å². The monoisotopic (exact) mass is 415 g/mol. The highest BCUT2D eigenvalue weighted by atomic mass is 16.5. The average Bonchev–Trinajstić information content (AvgIpc) is 2.83. The minimum absolute atomic E-state index is 0.00764. The topological polar surface area (TPSA) is 85.5 Å². The van der Waals surface area contributed by atoms with Gasteiger partial charge in [0.15, 0.2) is 6.61 Å². The predicted octanol–water partition coefficient (Wildman–Crippen LogP) is 3.63. The van der Waals surface area contributed by atoms with Gasteiger partial charge >= 0.3 is 0 Å². The van der Waals surface area contributed by atoms with Crippen LogP contribution in [-0.2, 0) is 4.79 Å². The van der Waals surface area contributed by atoms with Gasteiger partial charge in [0.25, 0.3) is 5.91 Å². The number of nitrogens with two attached hydrogens (primary N) is 1. The van der Waals surface area contributed by atoms with Gasteiger partial charge in [-0.25, -0.2) is 0 Å². The lowest BCUT2D eigenvalue weighted by atomic mass is 9.93. The zero-order chi connectivity index (χ0) is 21.6. The molecule has 0 spiro atoms. The Morgan fingerprint density at radius 1 is 1.00 bits per heavy atom. The van der Waals surface area contributed by atoms with Crippen LogP contribution in [-0.4, -0.2) is 41.4 Å². The van der Waals surface area contributed by atoms with Gasteiger partial charge in [-0.3, -0.25) is 14.6 Å². The zero-order valence-electron chi connectivity index (χ0n) is 17.2. The number of amides is 2. The van der Waals surface area contributed by atoms with Crippen LogP contribution in [0.1, 0.15) is 34.8 Å². The van der Waals surface area contributed by atoms with Gasteiger partial charge in [-0.15, -0.1) is 0 Å². The molecule has 3 aromatic rings. The van der Waals surface area contributed by atoms with Crippen molar-refractivity contribution in [3.63, 3.8) is 0 Å². The molecule has 0 aliphatic carbocycles. The molecule has 2 heterocycles. The number of rotatable bonds is 6. The maximum Gasteiger partial charge on any atom is 0.260 e. The molecule has 6 nitrogen and oxygen atoms in total. The molecule has 1 aliphatic heterocycles. The number of likely N-dealkylation sites (tertiary alicyclic amines) is 1. The summed E-state index contributed by atoms with van der Waals surface area (Å²) in [4.78, 5) is 30.7. The number of nitrogens with zero attached hydrogens (tertiary/aromatic N) is 2. The minimum Gasteiger partial charge on any atom is -0.484 e. The Labute approximate surface area is 181 Å². The second-order valence-corrected chi connectivity index (χ2v) is 7.67. The fourth-order valence-electron chi connectivity index (χ4n) is 3.84. The van der Waals surface area contributed by atoms with Crippen LogP contribution in [0.15, 0.2) is 72.8 Å². The van der Waals surface area contributed by atoms with E-state index in [0.29, 0.717) is 17.9 Å². The van der Waals surface area contributed by atoms with Crippen molar-refractivity contribution < 1.29 is 14.3 Å². The van der Waals surface area contributed by atoms with E-state index in [4.69, 9.17) is 15.5 Å². The van der Waals surface area contributed by atoms with Crippen LogP contribution in [0.4, 0.5) is 0 Å². The van der Waals surface area contributed by atoms with E-state index in [9.17, 15) is 9.59 Å². The molecule has 2 amide bonds. The number of ether oxygens (including phenoxy) is 1. The maximum atomic E-state index is 12.7. The molecule has 158 valence electrons. The lowest BCUT2D eigenvalue weighted by Crippen LogP contribution is -2.41. The molecule has 1 saturated heterocycles. The molecule has 1 aliphatic rings. The Balaban J connectivity index is 1.42. The van der Waals surface area contributed by atoms with Crippen molar-refractivity contribution in [2.45, 2.75) is 18.8 Å². The van der Waals surface area contributed by atoms with Crippen LogP contribution in [0, 0.1) is 0 Å². The number of carbonyl (C=O) groups excluding carboxylic acids is 2. The fraction of sp³-hybridized carbons (Fsp3) is 0.240. The third-order valence-electron chi connectivity index (χ3n) is 5.53. The van der Waals surface area contributed by atoms with Crippen molar-refractivity contribution in [2.75, 3.05) is 19.7 Å². The van der Waals surface area contributed by atoms with E-state index >= 15 is 0 Å². The number of pyridine rings is 1. The summed E-state index contributed by atoms with van der Waals surface area (Å²) in [5.74, 6) is 0.420. The average molecular weight is 415 g/mol. The van der Waals surface area contributed by atoms with E-state index in [1.807, 2.05) is 65.6 Å². The summed E-state index contributed by atoms with van der Waals surface area (Å²) in [6, 6.07) is 22.4. The summed E-state index contributed by atoms with van der Waals surface area (Å²) in [6.07, 6.45) is 1.92. The van der Waals surface area contributed by atoms with Crippen LogP contribution in [0.25, 0.3) is 11.3 Å². The molecule has 6 heteroatoms. The second-order valence-electron chi connectivity index (χ2n) is 7.67. The molecule has 2 N–H and O–H groups in total. The van der Waals surface area contributed by atoms with Gasteiger partial charge in [0.2, 0.25) is 5.91 Å². The molecule has 1 unspecified atom stereocenters. The lowest BCUT2D eigenvalue weighted by molar-refractivity contribution is -0.134. The lowest BCUT2D eigenvalue weighted by Gasteiger charge is -2.32. The van der Waals surface area contributed by atoms with E-state index in [1.54, 1.807) is 12.1 Å². The smallest absolute Gasteiger partial charge is 0.260 e. The maximum absolute atomic E-state index is 12.7. The van der Waals surface area contributed by atoms with E-state index in [2.05, 4.69) is 0 Å². The molecular weight excluding hydrogens is 390 g/mol. The number of piperidine rings is 1. The van der Waals surface area contributed by atoms with E-state index in [-0.39, 0.29) is 18.4 Å². The van der Waals surface area contributed by atoms with Crippen molar-refractivity contribution in [1.29, 1.82) is 0 Å². The van der Waals surface area contributed by atoms with Gasteiger partial charge in [0.1, 0.15) is 5.75 Å². The molecule has 0 radical (unpaired) electrons. The Bertz CT molecular complexity index is 1050. The molecule has 1 fully saturated rings. The first kappa shape index (κ1) is 20.6. The van der Waals surface area contributed by atoms with Gasteiger partial charge in [0.05, 0.1) is 5.69 Å². The number of hydrogen-bond donors (Lipinski definition) is 1. The number of benzene rings is 2. The summed E-state index contributed by atoms with van der Waals surface area (Å²) in [7, 11) is 0. The molecule has 1 aromatic heterocycles. The molecule has 31 heavy (non-hydrogen) atoms. The molecule has 0 bridgehead atoms. The quantitative estimate of drug-likeness (QED) is 0.666.